The standard InChI is InChI=1S/C33H30Cl2FN3/c34-27-11-7-25(8-12-27)33(26-9-14-29(36)15-10-26,24-5-3-23(4-6-24)22-38-18-1-2-19-38)39-20-17-31(37)30-16-13-28(35)21-32(30)39/h3-17,21H,1-2,18-20,22,37H2. The second-order valence-corrected chi connectivity index (χ2v) is 11.2. The molecule has 39 heavy (non-hydrogen) atoms. The zero-order valence-electron chi connectivity index (χ0n) is 21.6. The lowest BCUT2D eigenvalue weighted by molar-refractivity contribution is 0.331. The van der Waals surface area contributed by atoms with Crippen molar-refractivity contribution in [1.82, 2.24) is 4.90 Å². The molecule has 6 rings (SSSR count). The van der Waals surface area contributed by atoms with Gasteiger partial charge in [0.2, 0.25) is 0 Å². The van der Waals surface area contributed by atoms with E-state index in [0.29, 0.717) is 22.3 Å². The summed E-state index contributed by atoms with van der Waals surface area (Å²) < 4.78 is 14.3. The first-order valence-corrected chi connectivity index (χ1v) is 14.1. The van der Waals surface area contributed by atoms with E-state index in [-0.39, 0.29) is 5.82 Å². The number of rotatable bonds is 6. The first-order chi connectivity index (χ1) is 18.9. The Labute approximate surface area is 239 Å². The van der Waals surface area contributed by atoms with Crippen molar-refractivity contribution < 1.29 is 4.39 Å². The third-order valence-corrected chi connectivity index (χ3v) is 8.45. The largest absolute Gasteiger partial charge is 0.398 e. The zero-order chi connectivity index (χ0) is 27.0. The van der Waals surface area contributed by atoms with Gasteiger partial charge in [-0.25, -0.2) is 4.39 Å². The van der Waals surface area contributed by atoms with Crippen molar-refractivity contribution in [3.63, 3.8) is 0 Å². The third kappa shape index (κ3) is 4.82. The average molecular weight is 559 g/mol. The first kappa shape index (κ1) is 25.9. The van der Waals surface area contributed by atoms with Gasteiger partial charge in [-0.2, -0.15) is 0 Å². The van der Waals surface area contributed by atoms with Crippen molar-refractivity contribution in [2.24, 2.45) is 5.73 Å². The van der Waals surface area contributed by atoms with Gasteiger partial charge in [0, 0.05) is 40.1 Å². The lowest BCUT2D eigenvalue weighted by Crippen LogP contribution is -2.50. The second kappa shape index (κ2) is 10.7. The van der Waals surface area contributed by atoms with Crippen LogP contribution >= 0.6 is 23.2 Å². The Morgan fingerprint density at radius 1 is 0.744 bits per heavy atom. The number of nitrogens with zero attached hydrogens (tertiary/aromatic N) is 2. The molecular formula is C33H30Cl2FN3. The summed E-state index contributed by atoms with van der Waals surface area (Å²) in [7, 11) is 0. The fourth-order valence-corrected chi connectivity index (χ4v) is 6.38. The van der Waals surface area contributed by atoms with Crippen molar-refractivity contribution in [3.05, 3.63) is 141 Å². The maximum absolute atomic E-state index is 14.3. The molecule has 0 aliphatic carbocycles. The van der Waals surface area contributed by atoms with Gasteiger partial charge in [-0.1, -0.05) is 71.7 Å². The minimum Gasteiger partial charge on any atom is -0.398 e. The predicted octanol–water partition coefficient (Wildman–Crippen LogP) is 7.84. The third-order valence-electron chi connectivity index (χ3n) is 7.96. The maximum atomic E-state index is 14.3. The van der Waals surface area contributed by atoms with Crippen LogP contribution in [0.2, 0.25) is 10.0 Å². The van der Waals surface area contributed by atoms with Crippen molar-refractivity contribution in [2.75, 3.05) is 24.5 Å². The Hall–Kier alpha value is -3.31. The second-order valence-electron chi connectivity index (χ2n) is 10.3. The van der Waals surface area contributed by atoms with Crippen LogP contribution in [0.5, 0.6) is 0 Å². The lowest BCUT2D eigenvalue weighted by atomic mass is 9.74. The molecule has 4 aromatic rings. The fraction of sp³-hybridized carbons (Fsp3) is 0.212. The monoisotopic (exact) mass is 557 g/mol. The van der Waals surface area contributed by atoms with Gasteiger partial charge in [0.15, 0.2) is 0 Å². The van der Waals surface area contributed by atoms with Crippen LogP contribution in [-0.2, 0) is 12.1 Å². The van der Waals surface area contributed by atoms with Gasteiger partial charge >= 0.3 is 0 Å². The molecule has 6 heteroatoms. The zero-order valence-corrected chi connectivity index (χ0v) is 23.1. The summed E-state index contributed by atoms with van der Waals surface area (Å²) in [6.07, 6.45) is 4.55. The Balaban J connectivity index is 1.60. The molecule has 0 saturated carbocycles. The summed E-state index contributed by atoms with van der Waals surface area (Å²) >= 11 is 12.9. The Morgan fingerprint density at radius 2 is 1.31 bits per heavy atom. The van der Waals surface area contributed by atoms with Gasteiger partial charge in [0.25, 0.3) is 0 Å². The molecule has 1 saturated heterocycles. The summed E-state index contributed by atoms with van der Waals surface area (Å²) in [5.74, 6) is -0.282. The van der Waals surface area contributed by atoms with Crippen LogP contribution in [0.3, 0.4) is 0 Å². The smallest absolute Gasteiger partial charge is 0.123 e. The number of nitrogens with two attached hydrogens (primary N) is 1. The molecule has 2 heterocycles. The molecule has 2 aliphatic rings. The van der Waals surface area contributed by atoms with Crippen LogP contribution in [0, 0.1) is 5.82 Å². The Bertz CT molecular complexity index is 1450. The van der Waals surface area contributed by atoms with E-state index < -0.39 is 5.54 Å². The molecule has 0 aromatic heterocycles. The molecule has 0 spiro atoms. The highest BCUT2D eigenvalue weighted by atomic mass is 35.5. The summed E-state index contributed by atoms with van der Waals surface area (Å²) in [4.78, 5) is 4.81. The van der Waals surface area contributed by atoms with Gasteiger partial charge in [0.05, 0.1) is 0 Å². The number of fused-ring (bicyclic) bond motifs is 1. The topological polar surface area (TPSA) is 32.5 Å². The van der Waals surface area contributed by atoms with Crippen LogP contribution in [0.15, 0.2) is 97.1 Å². The number of hydrogen-bond donors (Lipinski definition) is 1. The highest BCUT2D eigenvalue weighted by molar-refractivity contribution is 6.31. The Kier molecular flexibility index (Phi) is 7.11. The van der Waals surface area contributed by atoms with E-state index in [1.54, 1.807) is 0 Å². The fourth-order valence-electron chi connectivity index (χ4n) is 6.09. The molecule has 0 radical (unpaired) electrons. The van der Waals surface area contributed by atoms with Crippen LogP contribution in [0.1, 0.15) is 40.7 Å². The van der Waals surface area contributed by atoms with Crippen LogP contribution in [0.25, 0.3) is 5.70 Å². The highest BCUT2D eigenvalue weighted by Gasteiger charge is 2.44. The molecule has 198 valence electrons. The quantitative estimate of drug-likeness (QED) is 0.245. The maximum Gasteiger partial charge on any atom is 0.123 e. The van der Waals surface area contributed by atoms with Gasteiger partial charge < -0.3 is 10.6 Å². The normalized spacial score (nSPS) is 17.0. The van der Waals surface area contributed by atoms with Crippen molar-refractivity contribution in [3.8, 4) is 0 Å². The minimum atomic E-state index is -0.818. The summed E-state index contributed by atoms with van der Waals surface area (Å²) in [6.45, 7) is 3.76. The van der Waals surface area contributed by atoms with E-state index in [4.69, 9.17) is 28.9 Å². The van der Waals surface area contributed by atoms with Gasteiger partial charge in [0.1, 0.15) is 11.4 Å². The van der Waals surface area contributed by atoms with Crippen molar-refractivity contribution in [2.45, 2.75) is 24.9 Å². The van der Waals surface area contributed by atoms with Crippen LogP contribution in [0.4, 0.5) is 10.1 Å². The molecule has 1 atom stereocenters. The summed E-state index contributed by atoms with van der Waals surface area (Å²) in [5.41, 5.74) is 12.5. The number of likely N-dealkylation sites (tertiary alicyclic amines) is 1. The molecule has 0 bridgehead atoms. The van der Waals surface area contributed by atoms with Crippen LogP contribution < -0.4 is 10.6 Å². The van der Waals surface area contributed by atoms with Gasteiger partial charge in [-0.3, -0.25) is 4.90 Å². The molecule has 2 aliphatic heterocycles. The predicted molar refractivity (Wildman–Crippen MR) is 160 cm³/mol. The average Bonchev–Trinajstić information content (AvgIpc) is 3.46. The highest BCUT2D eigenvalue weighted by Crippen LogP contribution is 2.48. The van der Waals surface area contributed by atoms with Crippen molar-refractivity contribution >= 4 is 34.6 Å². The molecular weight excluding hydrogens is 528 g/mol. The number of anilines is 1. The molecule has 1 fully saturated rings. The number of benzene rings is 4. The molecule has 3 nitrogen and oxygen atoms in total. The summed E-state index contributed by atoms with van der Waals surface area (Å²) in [5, 5.41) is 1.28. The molecule has 1 unspecified atom stereocenters. The van der Waals surface area contributed by atoms with E-state index >= 15 is 0 Å². The Morgan fingerprint density at radius 3 is 1.95 bits per heavy atom. The summed E-state index contributed by atoms with van der Waals surface area (Å²) in [6, 6.07) is 29.3. The van der Waals surface area contributed by atoms with Crippen molar-refractivity contribution in [1.29, 1.82) is 0 Å². The van der Waals surface area contributed by atoms with E-state index in [0.717, 1.165) is 47.6 Å². The van der Waals surface area contributed by atoms with Crippen LogP contribution in [-0.4, -0.2) is 24.5 Å². The molecule has 0 amide bonds. The number of hydrogen-bond acceptors (Lipinski definition) is 3. The van der Waals surface area contributed by atoms with E-state index in [9.17, 15) is 4.39 Å². The molecule has 4 aromatic carbocycles. The van der Waals surface area contributed by atoms with Gasteiger partial charge in [-0.15, -0.1) is 0 Å². The SMILES string of the molecule is NC1=CCN(C(c2ccc(F)cc2)(c2ccc(Cl)cc2)c2ccc(CN3CCCC3)cc2)c2cc(Cl)ccc21. The van der Waals surface area contributed by atoms with E-state index in [2.05, 4.69) is 46.2 Å². The molecule has 2 N–H and O–H groups in total. The lowest BCUT2D eigenvalue weighted by Gasteiger charge is -2.48. The minimum absolute atomic E-state index is 0.282. The first-order valence-electron chi connectivity index (χ1n) is 13.3. The van der Waals surface area contributed by atoms with E-state index in [1.165, 1.54) is 30.5 Å². The van der Waals surface area contributed by atoms with E-state index in [1.807, 2.05) is 48.5 Å². The number of halogens is 3. The van der Waals surface area contributed by atoms with Gasteiger partial charge in [-0.05, 0) is 96.7 Å².